The molecule has 0 saturated heterocycles. The summed E-state index contributed by atoms with van der Waals surface area (Å²) >= 11 is 9.49. The Bertz CT molecular complexity index is 1080. The number of rotatable bonds is 4. The van der Waals surface area contributed by atoms with Crippen LogP contribution in [0.15, 0.2) is 83.0 Å². The molecule has 146 valence electrons. The number of methoxy groups -OCH3 is 1. The lowest BCUT2D eigenvalue weighted by Gasteiger charge is -2.27. The van der Waals surface area contributed by atoms with Gasteiger partial charge in [-0.25, -0.2) is 0 Å². The summed E-state index contributed by atoms with van der Waals surface area (Å²) in [7, 11) is 1.59. The van der Waals surface area contributed by atoms with Crippen LogP contribution in [-0.4, -0.2) is 18.1 Å². The topological polar surface area (TPSA) is 49.8 Å². The second-order valence-electron chi connectivity index (χ2n) is 6.60. The number of nitrogens with zero attached hydrogens (tertiary/aromatic N) is 1. The molecular weight excluding hydrogens is 454 g/mol. The van der Waals surface area contributed by atoms with Gasteiger partial charge in [0.15, 0.2) is 5.76 Å². The molecule has 6 heteroatoms. The van der Waals surface area contributed by atoms with Gasteiger partial charge in [0.2, 0.25) is 0 Å². The molecule has 29 heavy (non-hydrogen) atoms. The quantitative estimate of drug-likeness (QED) is 0.496. The second kappa shape index (κ2) is 7.93. The third-order valence-corrected chi connectivity index (χ3v) is 5.68. The average molecular weight is 471 g/mol. The van der Waals surface area contributed by atoms with Gasteiger partial charge in [-0.15, -0.1) is 0 Å². The monoisotopic (exact) mass is 469 g/mol. The summed E-state index contributed by atoms with van der Waals surface area (Å²) in [4.78, 5) is 14.7. The molecular formula is C23H17BrClNO3. The first kappa shape index (κ1) is 19.6. The van der Waals surface area contributed by atoms with E-state index in [9.17, 15) is 9.90 Å². The lowest BCUT2D eigenvalue weighted by atomic mass is 9.93. The van der Waals surface area contributed by atoms with E-state index in [1.165, 1.54) is 0 Å². The number of benzene rings is 3. The molecule has 4 rings (SSSR count). The second-order valence-corrected chi connectivity index (χ2v) is 7.95. The largest absolute Gasteiger partial charge is 0.503 e. The highest BCUT2D eigenvalue weighted by molar-refractivity contribution is 9.10. The van der Waals surface area contributed by atoms with Gasteiger partial charge in [0.05, 0.1) is 13.2 Å². The van der Waals surface area contributed by atoms with E-state index in [1.54, 1.807) is 36.3 Å². The molecule has 0 spiro atoms. The first-order valence-electron chi connectivity index (χ1n) is 8.91. The Hall–Kier alpha value is -2.76. The van der Waals surface area contributed by atoms with Gasteiger partial charge in [0, 0.05) is 20.8 Å². The number of halogens is 2. The predicted octanol–water partition coefficient (Wildman–Crippen LogP) is 6.17. The highest BCUT2D eigenvalue weighted by Crippen LogP contribution is 2.45. The maximum Gasteiger partial charge on any atom is 0.294 e. The molecule has 3 aromatic carbocycles. The minimum Gasteiger partial charge on any atom is -0.503 e. The molecule has 1 amide bonds. The first-order valence-corrected chi connectivity index (χ1v) is 10.1. The van der Waals surface area contributed by atoms with Gasteiger partial charge in [-0.05, 0) is 59.7 Å². The van der Waals surface area contributed by atoms with E-state index < -0.39 is 11.9 Å². The molecule has 0 radical (unpaired) electrons. The van der Waals surface area contributed by atoms with Gasteiger partial charge in [0.25, 0.3) is 5.91 Å². The fourth-order valence-corrected chi connectivity index (χ4v) is 3.89. The van der Waals surface area contributed by atoms with Gasteiger partial charge in [0.1, 0.15) is 5.75 Å². The minimum absolute atomic E-state index is 0.266. The molecule has 1 N–H and O–H groups in total. The van der Waals surface area contributed by atoms with Crippen molar-refractivity contribution in [3.63, 3.8) is 0 Å². The molecule has 1 atom stereocenters. The Kier molecular flexibility index (Phi) is 5.35. The SMILES string of the molecule is COc1ccc(C2=C(O)C(=O)N(c3ccc(Br)cc3)[C@H]2c2ccc(Cl)cc2)cc1. The average Bonchev–Trinajstić information content (AvgIpc) is 3.00. The van der Waals surface area contributed by atoms with Crippen LogP contribution in [0.5, 0.6) is 5.75 Å². The number of carbonyl (C=O) groups excluding carboxylic acids is 1. The lowest BCUT2D eigenvalue weighted by molar-refractivity contribution is -0.117. The van der Waals surface area contributed by atoms with Gasteiger partial charge in [-0.2, -0.15) is 0 Å². The number of ether oxygens (including phenoxy) is 1. The molecule has 0 bridgehead atoms. The van der Waals surface area contributed by atoms with Gasteiger partial charge in [-0.1, -0.05) is 51.8 Å². The summed E-state index contributed by atoms with van der Waals surface area (Å²) in [5, 5.41) is 11.4. The summed E-state index contributed by atoms with van der Waals surface area (Å²) in [5.41, 5.74) is 2.83. The fraction of sp³-hybridized carbons (Fsp3) is 0.0870. The Labute approximate surface area is 182 Å². The molecule has 1 aliphatic heterocycles. The molecule has 4 nitrogen and oxygen atoms in total. The number of anilines is 1. The third-order valence-electron chi connectivity index (χ3n) is 4.90. The Morgan fingerprint density at radius 1 is 0.966 bits per heavy atom. The molecule has 0 unspecified atom stereocenters. The zero-order valence-corrected chi connectivity index (χ0v) is 17.8. The highest BCUT2D eigenvalue weighted by Gasteiger charge is 2.41. The van der Waals surface area contributed by atoms with Crippen LogP contribution in [0.3, 0.4) is 0 Å². The van der Waals surface area contributed by atoms with Crippen molar-refractivity contribution in [3.8, 4) is 5.75 Å². The van der Waals surface area contributed by atoms with Crippen LogP contribution >= 0.6 is 27.5 Å². The number of amides is 1. The van der Waals surface area contributed by atoms with Crippen LogP contribution in [0.2, 0.25) is 5.02 Å². The van der Waals surface area contributed by atoms with E-state index in [2.05, 4.69) is 15.9 Å². The standard InChI is InChI=1S/C23H17BrClNO3/c1-29-19-12-4-14(5-13-19)20-21(15-2-8-17(25)9-3-15)26(23(28)22(20)27)18-10-6-16(24)7-11-18/h2-13,21,27H,1H3/t21-/m0/s1. The van der Waals surface area contributed by atoms with Crippen LogP contribution < -0.4 is 9.64 Å². The van der Waals surface area contributed by atoms with Crippen molar-refractivity contribution < 1.29 is 14.6 Å². The number of hydrogen-bond acceptors (Lipinski definition) is 3. The molecule has 0 saturated carbocycles. The third kappa shape index (κ3) is 3.63. The van der Waals surface area contributed by atoms with Crippen LogP contribution in [0.25, 0.3) is 5.57 Å². The Morgan fingerprint density at radius 3 is 2.17 bits per heavy atom. The smallest absolute Gasteiger partial charge is 0.294 e. The number of hydrogen-bond donors (Lipinski definition) is 1. The Morgan fingerprint density at radius 2 is 1.59 bits per heavy atom. The molecule has 3 aromatic rings. The summed E-state index contributed by atoms with van der Waals surface area (Å²) in [6, 6.07) is 21.5. The Balaban J connectivity index is 1.87. The van der Waals surface area contributed by atoms with E-state index in [0.717, 1.165) is 15.6 Å². The molecule has 1 heterocycles. The first-order chi connectivity index (χ1) is 14.0. The van der Waals surface area contributed by atoms with Crippen molar-refractivity contribution in [3.05, 3.63) is 99.2 Å². The molecule has 0 aliphatic carbocycles. The maximum atomic E-state index is 13.1. The maximum absolute atomic E-state index is 13.1. The van der Waals surface area contributed by atoms with Crippen molar-refractivity contribution in [2.24, 2.45) is 0 Å². The lowest BCUT2D eigenvalue weighted by Crippen LogP contribution is -2.30. The van der Waals surface area contributed by atoms with Gasteiger partial charge in [-0.3, -0.25) is 9.69 Å². The molecule has 0 fully saturated rings. The van der Waals surface area contributed by atoms with Crippen molar-refractivity contribution in [2.45, 2.75) is 6.04 Å². The van der Waals surface area contributed by atoms with Crippen LogP contribution in [0.1, 0.15) is 17.2 Å². The van der Waals surface area contributed by atoms with E-state index in [0.29, 0.717) is 22.0 Å². The normalized spacial score (nSPS) is 16.4. The van der Waals surface area contributed by atoms with Crippen molar-refractivity contribution in [1.29, 1.82) is 0 Å². The zero-order valence-electron chi connectivity index (χ0n) is 15.5. The van der Waals surface area contributed by atoms with E-state index in [-0.39, 0.29) is 5.76 Å². The number of aliphatic hydroxyl groups excluding tert-OH is 1. The van der Waals surface area contributed by atoms with E-state index >= 15 is 0 Å². The highest BCUT2D eigenvalue weighted by atomic mass is 79.9. The summed E-state index contributed by atoms with van der Waals surface area (Å²) < 4.78 is 6.14. The predicted molar refractivity (Wildman–Crippen MR) is 118 cm³/mol. The number of aliphatic hydroxyl groups is 1. The fourth-order valence-electron chi connectivity index (χ4n) is 3.50. The molecule has 0 aromatic heterocycles. The zero-order chi connectivity index (χ0) is 20.5. The summed E-state index contributed by atoms with van der Waals surface area (Å²) in [6.07, 6.45) is 0. The summed E-state index contributed by atoms with van der Waals surface area (Å²) in [5.74, 6) is -0.0119. The summed E-state index contributed by atoms with van der Waals surface area (Å²) in [6.45, 7) is 0. The van der Waals surface area contributed by atoms with Gasteiger partial charge < -0.3 is 9.84 Å². The molecule has 1 aliphatic rings. The van der Waals surface area contributed by atoms with Crippen molar-refractivity contribution >= 4 is 44.7 Å². The van der Waals surface area contributed by atoms with E-state index in [1.807, 2.05) is 48.5 Å². The van der Waals surface area contributed by atoms with Gasteiger partial charge >= 0.3 is 0 Å². The van der Waals surface area contributed by atoms with Crippen LogP contribution in [0, 0.1) is 0 Å². The minimum atomic E-state index is -0.491. The van der Waals surface area contributed by atoms with Crippen LogP contribution in [0.4, 0.5) is 5.69 Å². The van der Waals surface area contributed by atoms with Crippen molar-refractivity contribution in [1.82, 2.24) is 0 Å². The van der Waals surface area contributed by atoms with Crippen molar-refractivity contribution in [2.75, 3.05) is 12.0 Å². The van der Waals surface area contributed by atoms with Crippen LogP contribution in [-0.2, 0) is 4.79 Å². The number of carbonyl (C=O) groups is 1. The van der Waals surface area contributed by atoms with E-state index in [4.69, 9.17) is 16.3 Å².